The van der Waals surface area contributed by atoms with E-state index in [4.69, 9.17) is 11.1 Å². The third-order valence-corrected chi connectivity index (χ3v) is 4.81. The van der Waals surface area contributed by atoms with Crippen LogP contribution in [0.3, 0.4) is 0 Å². The molecule has 0 saturated heterocycles. The Morgan fingerprint density at radius 2 is 1.97 bits per heavy atom. The van der Waals surface area contributed by atoms with Crippen LogP contribution in [0.2, 0.25) is 0 Å². The summed E-state index contributed by atoms with van der Waals surface area (Å²) < 4.78 is 40.6. The Bertz CT molecular complexity index is 1190. The highest BCUT2D eigenvalue weighted by molar-refractivity contribution is 6.17. The number of hydrogen-bond donors (Lipinski definition) is 4. The summed E-state index contributed by atoms with van der Waals surface area (Å²) in [6, 6.07) is 4.68. The molecule has 3 aromatic rings. The lowest BCUT2D eigenvalue weighted by Gasteiger charge is -2.17. The minimum absolute atomic E-state index is 0.0170. The maximum absolute atomic E-state index is 13.7. The second kappa shape index (κ2) is 7.14. The molecule has 0 fully saturated rings. The number of aromatic hydroxyl groups is 1. The number of nitrogens with two attached hydrogens (primary N) is 1. The van der Waals surface area contributed by atoms with Gasteiger partial charge in [-0.05, 0) is 35.9 Å². The lowest BCUT2D eigenvalue weighted by molar-refractivity contribution is 0.0982. The summed E-state index contributed by atoms with van der Waals surface area (Å²) in [5.41, 5.74) is 6.17. The van der Waals surface area contributed by atoms with E-state index in [1.165, 1.54) is 18.2 Å². The first-order chi connectivity index (χ1) is 14.3. The number of nitrogen functional groups attached to an aromatic ring is 1. The number of rotatable bonds is 4. The maximum Gasteiger partial charge on any atom is 0.200 e. The van der Waals surface area contributed by atoms with Crippen LogP contribution < -0.4 is 11.1 Å². The van der Waals surface area contributed by atoms with Gasteiger partial charge in [-0.1, -0.05) is 0 Å². The van der Waals surface area contributed by atoms with Crippen LogP contribution in [0.15, 0.2) is 36.7 Å². The minimum Gasteiger partial charge on any atom is -0.505 e. The zero-order valence-corrected chi connectivity index (χ0v) is 15.2. The smallest absolute Gasteiger partial charge is 0.200 e. The van der Waals surface area contributed by atoms with Gasteiger partial charge in [-0.2, -0.15) is 4.39 Å². The molecule has 0 saturated carbocycles. The number of fused-ring (bicyclic) bond motifs is 1. The number of anilines is 2. The number of phenolic OH excluding ortho intramolecular Hbond substituents is 1. The second-order valence-electron chi connectivity index (χ2n) is 6.72. The fourth-order valence-corrected chi connectivity index (χ4v) is 3.37. The van der Waals surface area contributed by atoms with Crippen LogP contribution in [0.25, 0.3) is 0 Å². The highest BCUT2D eigenvalue weighted by Gasteiger charge is 2.32. The van der Waals surface area contributed by atoms with Crippen LogP contribution in [-0.2, 0) is 6.42 Å². The Balaban J connectivity index is 1.70. The predicted molar refractivity (Wildman–Crippen MR) is 102 cm³/mol. The highest BCUT2D eigenvalue weighted by Crippen LogP contribution is 2.29. The Labute approximate surface area is 167 Å². The second-order valence-corrected chi connectivity index (χ2v) is 6.72. The van der Waals surface area contributed by atoms with Crippen LogP contribution in [-0.4, -0.2) is 32.6 Å². The number of aromatic nitrogens is 2. The Kier molecular flexibility index (Phi) is 4.61. The molecule has 10 heteroatoms. The standard InChI is InChI=1S/C20H14F3N5O2/c21-10-1-2-11-8(3-10)5-13(18(11)30)28-20-15(19(25)26-7-27-20)17(24)9-4-12(22)16(23)14(29)6-9/h1-4,6-7,13,24,29H,5H2,(H3,25,26,27,28). The van der Waals surface area contributed by atoms with Gasteiger partial charge in [0.15, 0.2) is 23.2 Å². The van der Waals surface area contributed by atoms with E-state index in [0.717, 1.165) is 18.5 Å². The molecule has 152 valence electrons. The lowest BCUT2D eigenvalue weighted by Crippen LogP contribution is -2.28. The van der Waals surface area contributed by atoms with Crippen molar-refractivity contribution in [3.05, 3.63) is 76.4 Å². The summed E-state index contributed by atoms with van der Waals surface area (Å²) in [5.74, 6) is -4.63. The molecular formula is C20H14F3N5O2. The molecule has 0 bridgehead atoms. The van der Waals surface area contributed by atoms with Gasteiger partial charge < -0.3 is 16.2 Å². The van der Waals surface area contributed by atoms with Crippen LogP contribution in [0.1, 0.15) is 27.0 Å². The molecule has 1 atom stereocenters. The summed E-state index contributed by atoms with van der Waals surface area (Å²) in [6.45, 7) is 0. The van der Waals surface area contributed by atoms with Crippen LogP contribution in [0, 0.1) is 22.9 Å². The van der Waals surface area contributed by atoms with E-state index in [0.29, 0.717) is 11.1 Å². The molecule has 1 heterocycles. The van der Waals surface area contributed by atoms with Gasteiger partial charge in [0.05, 0.1) is 17.3 Å². The molecule has 2 aromatic carbocycles. The molecule has 1 aliphatic rings. The number of benzene rings is 2. The Morgan fingerprint density at radius 3 is 2.70 bits per heavy atom. The summed E-state index contributed by atoms with van der Waals surface area (Å²) >= 11 is 0. The molecule has 1 aliphatic carbocycles. The van der Waals surface area contributed by atoms with E-state index in [2.05, 4.69) is 15.3 Å². The van der Waals surface area contributed by atoms with Crippen molar-refractivity contribution in [2.75, 3.05) is 11.1 Å². The van der Waals surface area contributed by atoms with E-state index in [1.54, 1.807) is 0 Å². The first kappa shape index (κ1) is 19.4. The minimum atomic E-state index is -1.44. The van der Waals surface area contributed by atoms with E-state index < -0.39 is 29.2 Å². The van der Waals surface area contributed by atoms with Gasteiger partial charge in [0.2, 0.25) is 0 Å². The van der Waals surface area contributed by atoms with Crippen LogP contribution in [0.4, 0.5) is 24.8 Å². The van der Waals surface area contributed by atoms with Crippen molar-refractivity contribution in [2.45, 2.75) is 12.5 Å². The first-order valence-electron chi connectivity index (χ1n) is 8.73. The van der Waals surface area contributed by atoms with Gasteiger partial charge >= 0.3 is 0 Å². The number of nitrogens with one attached hydrogen (secondary N) is 2. The number of hydrogen-bond acceptors (Lipinski definition) is 7. The van der Waals surface area contributed by atoms with Crippen molar-refractivity contribution < 1.29 is 23.1 Å². The zero-order valence-electron chi connectivity index (χ0n) is 15.2. The molecule has 7 nitrogen and oxygen atoms in total. The van der Waals surface area contributed by atoms with Crippen molar-refractivity contribution in [3.8, 4) is 5.75 Å². The largest absolute Gasteiger partial charge is 0.505 e. The van der Waals surface area contributed by atoms with Crippen LogP contribution >= 0.6 is 0 Å². The summed E-state index contributed by atoms with van der Waals surface area (Å²) in [7, 11) is 0. The van der Waals surface area contributed by atoms with Gasteiger partial charge in [0.1, 0.15) is 23.8 Å². The highest BCUT2D eigenvalue weighted by atomic mass is 19.2. The van der Waals surface area contributed by atoms with Crippen LogP contribution in [0.5, 0.6) is 5.75 Å². The van der Waals surface area contributed by atoms with E-state index >= 15 is 0 Å². The van der Waals surface area contributed by atoms with E-state index in [1.807, 2.05) is 0 Å². The molecule has 1 unspecified atom stereocenters. The van der Waals surface area contributed by atoms with Gasteiger partial charge in [-0.15, -0.1) is 0 Å². The maximum atomic E-state index is 13.7. The van der Waals surface area contributed by atoms with E-state index in [9.17, 15) is 23.1 Å². The summed E-state index contributed by atoms with van der Waals surface area (Å²) in [4.78, 5) is 20.5. The monoisotopic (exact) mass is 413 g/mol. The summed E-state index contributed by atoms with van der Waals surface area (Å²) in [5, 5.41) is 20.8. The fraction of sp³-hybridized carbons (Fsp3) is 0.100. The zero-order chi connectivity index (χ0) is 21.6. The summed E-state index contributed by atoms with van der Waals surface area (Å²) in [6.07, 6.45) is 1.30. The number of halogens is 3. The average Bonchev–Trinajstić information content (AvgIpc) is 3.00. The topological polar surface area (TPSA) is 125 Å². The molecule has 0 spiro atoms. The number of Topliss-reactive ketones (excluding diaryl/α,β-unsaturated/α-hetero) is 1. The lowest BCUT2D eigenvalue weighted by atomic mass is 10.0. The van der Waals surface area contributed by atoms with E-state index in [-0.39, 0.29) is 40.7 Å². The number of carbonyl (C=O) groups is 1. The number of ketones is 1. The predicted octanol–water partition coefficient (Wildman–Crippen LogP) is 2.82. The van der Waals surface area contributed by atoms with Crippen molar-refractivity contribution in [2.24, 2.45) is 0 Å². The van der Waals surface area contributed by atoms with Crippen molar-refractivity contribution in [3.63, 3.8) is 0 Å². The quantitative estimate of drug-likeness (QED) is 0.488. The molecule has 0 radical (unpaired) electrons. The average molecular weight is 413 g/mol. The van der Waals surface area contributed by atoms with Gasteiger partial charge in [-0.3, -0.25) is 10.2 Å². The van der Waals surface area contributed by atoms with Crippen molar-refractivity contribution >= 4 is 23.1 Å². The first-order valence-corrected chi connectivity index (χ1v) is 8.73. The third-order valence-electron chi connectivity index (χ3n) is 4.81. The third kappa shape index (κ3) is 3.21. The fourth-order valence-electron chi connectivity index (χ4n) is 3.37. The Morgan fingerprint density at radius 1 is 1.20 bits per heavy atom. The molecule has 30 heavy (non-hydrogen) atoms. The molecule has 5 N–H and O–H groups in total. The molecule has 0 amide bonds. The van der Waals surface area contributed by atoms with Gasteiger partial charge in [0, 0.05) is 17.5 Å². The Hall–Kier alpha value is -3.95. The van der Waals surface area contributed by atoms with Crippen molar-refractivity contribution in [1.82, 2.24) is 9.97 Å². The molecule has 1 aromatic heterocycles. The molecule has 0 aliphatic heterocycles. The normalized spacial score (nSPS) is 15.2. The SMILES string of the molecule is N=C(c1cc(O)c(F)c(F)c1)c1c(N)ncnc1NC1Cc2cc(F)ccc2C1=O. The number of phenols is 1. The number of carbonyl (C=O) groups excluding carboxylic acids is 1. The molecule has 4 rings (SSSR count). The van der Waals surface area contributed by atoms with Gasteiger partial charge in [-0.25, -0.2) is 18.7 Å². The molecular weight excluding hydrogens is 399 g/mol. The number of nitrogens with zero attached hydrogens (tertiary/aromatic N) is 2. The van der Waals surface area contributed by atoms with Gasteiger partial charge in [0.25, 0.3) is 0 Å². The van der Waals surface area contributed by atoms with Crippen molar-refractivity contribution in [1.29, 1.82) is 5.41 Å².